The van der Waals surface area contributed by atoms with Crippen LogP contribution in [0.4, 0.5) is 11.4 Å². The Labute approximate surface area is 118 Å². The number of benzene rings is 2. The van der Waals surface area contributed by atoms with Crippen molar-refractivity contribution in [1.29, 1.82) is 0 Å². The van der Waals surface area contributed by atoms with Gasteiger partial charge in [0, 0.05) is 16.9 Å². The molecule has 1 unspecified atom stereocenters. The molecule has 0 saturated heterocycles. The molecule has 0 aliphatic carbocycles. The van der Waals surface area contributed by atoms with Gasteiger partial charge in [0.2, 0.25) is 0 Å². The molecule has 0 fully saturated rings. The van der Waals surface area contributed by atoms with Crippen molar-refractivity contribution >= 4 is 17.3 Å². The van der Waals surface area contributed by atoms with Gasteiger partial charge >= 0.3 is 0 Å². The van der Waals surface area contributed by atoms with Crippen molar-refractivity contribution in [3.63, 3.8) is 0 Å². The maximum absolute atomic E-state index is 12.3. The molecule has 104 valence electrons. The first-order chi connectivity index (χ1) is 9.49. The lowest BCUT2D eigenvalue weighted by Gasteiger charge is -2.14. The number of para-hydroxylation sites is 1. The predicted octanol–water partition coefficient (Wildman–Crippen LogP) is 2.88. The number of nitrogen functional groups attached to an aromatic ring is 1. The smallest absolute Gasteiger partial charge is 0.257 e. The molecule has 4 N–H and O–H groups in total. The van der Waals surface area contributed by atoms with Crippen molar-refractivity contribution in [1.82, 2.24) is 0 Å². The van der Waals surface area contributed by atoms with Crippen LogP contribution in [0, 0.1) is 6.92 Å². The van der Waals surface area contributed by atoms with Crippen LogP contribution in [0.2, 0.25) is 0 Å². The Kier molecular flexibility index (Phi) is 4.05. The summed E-state index contributed by atoms with van der Waals surface area (Å²) in [6, 6.07) is 12.5. The van der Waals surface area contributed by atoms with Gasteiger partial charge in [-0.05, 0) is 32.0 Å². The van der Waals surface area contributed by atoms with Crippen LogP contribution in [0.15, 0.2) is 42.5 Å². The molecule has 1 atom stereocenters. The molecule has 2 aromatic carbocycles. The third kappa shape index (κ3) is 2.97. The van der Waals surface area contributed by atoms with Gasteiger partial charge in [0.25, 0.3) is 5.91 Å². The predicted molar refractivity (Wildman–Crippen MR) is 80.6 cm³/mol. The largest absolute Gasteiger partial charge is 0.398 e. The number of aliphatic hydroxyl groups is 1. The highest BCUT2D eigenvalue weighted by Gasteiger charge is 2.13. The van der Waals surface area contributed by atoms with Crippen molar-refractivity contribution in [3.8, 4) is 0 Å². The fourth-order valence-corrected chi connectivity index (χ4v) is 2.03. The fourth-order valence-electron chi connectivity index (χ4n) is 2.03. The van der Waals surface area contributed by atoms with E-state index in [0.717, 1.165) is 5.56 Å². The molecule has 0 heterocycles. The zero-order valence-electron chi connectivity index (χ0n) is 11.6. The van der Waals surface area contributed by atoms with Crippen molar-refractivity contribution in [2.75, 3.05) is 11.1 Å². The van der Waals surface area contributed by atoms with Crippen LogP contribution in [-0.4, -0.2) is 11.0 Å². The van der Waals surface area contributed by atoms with Gasteiger partial charge in [0.05, 0.1) is 11.7 Å². The molecule has 0 radical (unpaired) electrons. The summed E-state index contributed by atoms with van der Waals surface area (Å²) in [5.74, 6) is -0.278. The van der Waals surface area contributed by atoms with E-state index in [9.17, 15) is 9.90 Å². The first-order valence-electron chi connectivity index (χ1n) is 6.43. The second-order valence-corrected chi connectivity index (χ2v) is 4.81. The van der Waals surface area contributed by atoms with E-state index in [1.807, 2.05) is 19.1 Å². The zero-order chi connectivity index (χ0) is 14.7. The Hall–Kier alpha value is -2.33. The second-order valence-electron chi connectivity index (χ2n) is 4.81. The summed E-state index contributed by atoms with van der Waals surface area (Å²) in [5.41, 5.74) is 8.93. The summed E-state index contributed by atoms with van der Waals surface area (Å²) in [5, 5.41) is 12.5. The Morgan fingerprint density at radius 1 is 1.25 bits per heavy atom. The number of anilines is 2. The van der Waals surface area contributed by atoms with Crippen LogP contribution >= 0.6 is 0 Å². The van der Waals surface area contributed by atoms with E-state index in [0.29, 0.717) is 22.5 Å². The lowest BCUT2D eigenvalue weighted by atomic mass is 10.1. The van der Waals surface area contributed by atoms with E-state index in [1.54, 1.807) is 37.3 Å². The van der Waals surface area contributed by atoms with Gasteiger partial charge in [-0.3, -0.25) is 4.79 Å². The highest BCUT2D eigenvalue weighted by molar-refractivity contribution is 6.08. The molecule has 4 heteroatoms. The maximum atomic E-state index is 12.3. The van der Waals surface area contributed by atoms with Gasteiger partial charge in [-0.1, -0.05) is 29.8 Å². The van der Waals surface area contributed by atoms with Crippen LogP contribution in [-0.2, 0) is 0 Å². The van der Waals surface area contributed by atoms with Crippen LogP contribution in [0.3, 0.4) is 0 Å². The lowest BCUT2D eigenvalue weighted by molar-refractivity contribution is 0.102. The number of hydrogen-bond acceptors (Lipinski definition) is 3. The van der Waals surface area contributed by atoms with Gasteiger partial charge in [-0.2, -0.15) is 0 Å². The molecule has 1 amide bonds. The summed E-state index contributed by atoms with van der Waals surface area (Å²) in [6.45, 7) is 3.56. The second kappa shape index (κ2) is 5.75. The van der Waals surface area contributed by atoms with Crippen molar-refractivity contribution in [3.05, 3.63) is 59.2 Å². The normalized spacial score (nSPS) is 11.9. The molecule has 0 aromatic heterocycles. The van der Waals surface area contributed by atoms with E-state index in [2.05, 4.69) is 5.32 Å². The molecule has 0 aliphatic rings. The summed E-state index contributed by atoms with van der Waals surface area (Å²) in [4.78, 5) is 12.3. The number of aryl methyl sites for hydroxylation is 1. The molecule has 0 bridgehead atoms. The Bertz CT molecular complexity index is 636. The highest BCUT2D eigenvalue weighted by atomic mass is 16.3. The topological polar surface area (TPSA) is 75.4 Å². The van der Waals surface area contributed by atoms with Crippen molar-refractivity contribution in [2.45, 2.75) is 20.0 Å². The minimum atomic E-state index is -0.652. The SMILES string of the molecule is Cc1ccc(N)c(C(=O)Nc2ccccc2C(C)O)c1. The summed E-state index contributed by atoms with van der Waals surface area (Å²) in [6.07, 6.45) is -0.652. The highest BCUT2D eigenvalue weighted by Crippen LogP contribution is 2.23. The van der Waals surface area contributed by atoms with Crippen molar-refractivity contribution in [2.24, 2.45) is 0 Å². The average molecular weight is 270 g/mol. The summed E-state index contributed by atoms with van der Waals surface area (Å²) >= 11 is 0. The van der Waals surface area contributed by atoms with Crippen LogP contribution in [0.5, 0.6) is 0 Å². The van der Waals surface area contributed by atoms with E-state index in [4.69, 9.17) is 5.73 Å². The number of nitrogens with two attached hydrogens (primary N) is 1. The Morgan fingerprint density at radius 2 is 1.95 bits per heavy atom. The van der Waals surface area contributed by atoms with Gasteiger partial charge < -0.3 is 16.2 Å². The summed E-state index contributed by atoms with van der Waals surface area (Å²) in [7, 11) is 0. The quantitative estimate of drug-likeness (QED) is 0.751. The monoisotopic (exact) mass is 270 g/mol. The number of amides is 1. The van der Waals surface area contributed by atoms with Gasteiger partial charge in [-0.25, -0.2) is 0 Å². The molecule has 20 heavy (non-hydrogen) atoms. The molecular weight excluding hydrogens is 252 g/mol. The third-order valence-electron chi connectivity index (χ3n) is 3.11. The van der Waals surface area contributed by atoms with Gasteiger partial charge in [-0.15, -0.1) is 0 Å². The van der Waals surface area contributed by atoms with Gasteiger partial charge in [0.15, 0.2) is 0 Å². The molecule has 0 spiro atoms. The van der Waals surface area contributed by atoms with E-state index >= 15 is 0 Å². The minimum absolute atomic E-state index is 0.278. The molecule has 0 aliphatic heterocycles. The van der Waals surface area contributed by atoms with Gasteiger partial charge in [0.1, 0.15) is 0 Å². The number of aliphatic hydroxyl groups excluding tert-OH is 1. The number of carbonyl (C=O) groups excluding carboxylic acids is 1. The lowest BCUT2D eigenvalue weighted by Crippen LogP contribution is -2.15. The van der Waals surface area contributed by atoms with Crippen LogP contribution < -0.4 is 11.1 Å². The van der Waals surface area contributed by atoms with E-state index in [1.165, 1.54) is 0 Å². The summed E-state index contributed by atoms with van der Waals surface area (Å²) < 4.78 is 0. The van der Waals surface area contributed by atoms with Crippen LogP contribution in [0.1, 0.15) is 34.5 Å². The minimum Gasteiger partial charge on any atom is -0.398 e. The van der Waals surface area contributed by atoms with Crippen molar-refractivity contribution < 1.29 is 9.90 Å². The third-order valence-corrected chi connectivity index (χ3v) is 3.11. The standard InChI is InChI=1S/C16H18N2O2/c1-10-7-8-14(17)13(9-10)16(20)18-15-6-4-3-5-12(15)11(2)19/h3-9,11,19H,17H2,1-2H3,(H,18,20). The van der Waals surface area contributed by atoms with E-state index < -0.39 is 6.10 Å². The zero-order valence-corrected chi connectivity index (χ0v) is 11.6. The molecule has 2 aromatic rings. The Morgan fingerprint density at radius 3 is 2.65 bits per heavy atom. The van der Waals surface area contributed by atoms with Crippen LogP contribution in [0.25, 0.3) is 0 Å². The molecular formula is C16H18N2O2. The maximum Gasteiger partial charge on any atom is 0.257 e. The fraction of sp³-hybridized carbons (Fsp3) is 0.188. The first kappa shape index (κ1) is 14.1. The number of hydrogen-bond donors (Lipinski definition) is 3. The molecule has 4 nitrogen and oxygen atoms in total. The molecule has 2 rings (SSSR count). The number of rotatable bonds is 3. The Balaban J connectivity index is 2.31. The van der Waals surface area contributed by atoms with E-state index in [-0.39, 0.29) is 5.91 Å². The number of nitrogens with one attached hydrogen (secondary N) is 1. The average Bonchev–Trinajstić information content (AvgIpc) is 2.41. The number of carbonyl (C=O) groups is 1. The molecule has 0 saturated carbocycles. The first-order valence-corrected chi connectivity index (χ1v) is 6.43.